The maximum absolute atomic E-state index is 11.9. The van der Waals surface area contributed by atoms with Gasteiger partial charge in [-0.2, -0.15) is 0 Å². The summed E-state index contributed by atoms with van der Waals surface area (Å²) in [7, 11) is -3.65. The Kier molecular flexibility index (Phi) is 2.92. The summed E-state index contributed by atoms with van der Waals surface area (Å²) >= 11 is 5.79. The Bertz CT molecular complexity index is 457. The van der Waals surface area contributed by atoms with Gasteiger partial charge in [0.1, 0.15) is 4.90 Å². The van der Waals surface area contributed by atoms with Gasteiger partial charge < -0.3 is 0 Å². The van der Waals surface area contributed by atoms with E-state index in [1.807, 2.05) is 0 Å². The first kappa shape index (κ1) is 10.8. The van der Waals surface area contributed by atoms with Crippen molar-refractivity contribution in [2.45, 2.75) is 11.3 Å². The van der Waals surface area contributed by atoms with Crippen molar-refractivity contribution >= 4 is 21.6 Å². The second-order valence-corrected chi connectivity index (χ2v) is 5.23. The van der Waals surface area contributed by atoms with Crippen LogP contribution in [0.3, 0.4) is 0 Å². The second-order valence-electron chi connectivity index (χ2n) is 3.02. The fourth-order valence-electron chi connectivity index (χ4n) is 1.28. The number of hydroxylamine groups is 1. The molecule has 5 nitrogen and oxygen atoms in total. The van der Waals surface area contributed by atoms with Crippen LogP contribution < -0.4 is 0 Å². The summed E-state index contributed by atoms with van der Waals surface area (Å²) in [4.78, 5) is 8.70. The Morgan fingerprint density at radius 1 is 1.53 bits per heavy atom. The van der Waals surface area contributed by atoms with Crippen molar-refractivity contribution in [1.82, 2.24) is 9.45 Å². The fraction of sp³-hybridized carbons (Fsp3) is 0.375. The predicted octanol–water partition coefficient (Wildman–Crippen LogP) is 1.06. The highest BCUT2D eigenvalue weighted by molar-refractivity contribution is 7.89. The highest BCUT2D eigenvalue weighted by Gasteiger charge is 2.30. The molecule has 0 bridgehead atoms. The third-order valence-corrected chi connectivity index (χ3v) is 4.15. The van der Waals surface area contributed by atoms with Crippen molar-refractivity contribution in [3.05, 3.63) is 23.5 Å². The van der Waals surface area contributed by atoms with Crippen LogP contribution in [0, 0.1) is 0 Å². The number of hydrogen-bond donors (Lipinski definition) is 0. The minimum atomic E-state index is -3.65. The molecule has 1 aromatic heterocycles. The number of pyridine rings is 1. The molecule has 0 atom stereocenters. The number of halogens is 1. The monoisotopic (exact) mass is 248 g/mol. The number of aromatic nitrogens is 1. The summed E-state index contributed by atoms with van der Waals surface area (Å²) in [6.07, 6.45) is 3.35. The zero-order chi connectivity index (χ0) is 10.9. The zero-order valence-electron chi connectivity index (χ0n) is 7.76. The molecule has 0 unspecified atom stereocenters. The van der Waals surface area contributed by atoms with Crippen molar-refractivity contribution in [3.8, 4) is 0 Å². The van der Waals surface area contributed by atoms with Gasteiger partial charge in [0.25, 0.3) is 10.0 Å². The van der Waals surface area contributed by atoms with Gasteiger partial charge in [-0.3, -0.25) is 9.82 Å². The largest absolute Gasteiger partial charge is 0.284 e. The number of rotatable bonds is 2. The van der Waals surface area contributed by atoms with Crippen molar-refractivity contribution in [1.29, 1.82) is 0 Å². The first-order valence-corrected chi connectivity index (χ1v) is 6.19. The Morgan fingerprint density at radius 3 is 2.93 bits per heavy atom. The molecule has 0 amide bonds. The van der Waals surface area contributed by atoms with Crippen LogP contribution in [-0.4, -0.2) is 31.0 Å². The third-order valence-electron chi connectivity index (χ3n) is 2.00. The van der Waals surface area contributed by atoms with Crippen LogP contribution in [0.4, 0.5) is 0 Å². The lowest BCUT2D eigenvalue weighted by Gasteiger charge is -2.14. The standard InChI is InChI=1S/C8H9ClN2O3S/c9-7-2-3-10-6-8(7)15(12,13)11-4-1-5-14-11/h2-3,6H,1,4-5H2. The lowest BCUT2D eigenvalue weighted by molar-refractivity contribution is -0.0284. The fourth-order valence-corrected chi connectivity index (χ4v) is 2.98. The Labute approximate surface area is 92.6 Å². The van der Waals surface area contributed by atoms with E-state index in [0.29, 0.717) is 19.6 Å². The van der Waals surface area contributed by atoms with Crippen LogP contribution in [0.25, 0.3) is 0 Å². The summed E-state index contributed by atoms with van der Waals surface area (Å²) in [6.45, 7) is 0.769. The van der Waals surface area contributed by atoms with Gasteiger partial charge in [0.2, 0.25) is 0 Å². The van der Waals surface area contributed by atoms with Gasteiger partial charge in [-0.1, -0.05) is 16.1 Å². The van der Waals surface area contributed by atoms with E-state index in [1.54, 1.807) is 0 Å². The molecule has 0 radical (unpaired) electrons. The first-order valence-electron chi connectivity index (χ1n) is 4.37. The molecule has 0 aliphatic carbocycles. The molecule has 1 aromatic rings. The van der Waals surface area contributed by atoms with E-state index in [4.69, 9.17) is 16.4 Å². The lowest BCUT2D eigenvalue weighted by Crippen LogP contribution is -2.27. The van der Waals surface area contributed by atoms with Crippen LogP contribution in [0.2, 0.25) is 5.02 Å². The van der Waals surface area contributed by atoms with Crippen LogP contribution in [0.5, 0.6) is 0 Å². The maximum atomic E-state index is 11.9. The molecular weight excluding hydrogens is 240 g/mol. The molecule has 0 aromatic carbocycles. The van der Waals surface area contributed by atoms with E-state index >= 15 is 0 Å². The molecule has 7 heteroatoms. The van der Waals surface area contributed by atoms with E-state index in [-0.39, 0.29) is 9.92 Å². The SMILES string of the molecule is O=S(=O)(c1cnccc1Cl)N1CCCO1. The summed E-state index contributed by atoms with van der Waals surface area (Å²) < 4.78 is 24.8. The minimum absolute atomic E-state index is 0.0198. The molecule has 15 heavy (non-hydrogen) atoms. The molecule has 2 heterocycles. The normalized spacial score (nSPS) is 18.2. The van der Waals surface area contributed by atoms with Gasteiger partial charge >= 0.3 is 0 Å². The van der Waals surface area contributed by atoms with Gasteiger partial charge in [-0.25, -0.2) is 8.42 Å². The van der Waals surface area contributed by atoms with E-state index in [0.717, 1.165) is 4.47 Å². The highest BCUT2D eigenvalue weighted by atomic mass is 35.5. The molecule has 0 saturated carbocycles. The van der Waals surface area contributed by atoms with Crippen molar-refractivity contribution in [3.63, 3.8) is 0 Å². The molecule has 1 fully saturated rings. The van der Waals surface area contributed by atoms with Crippen LogP contribution >= 0.6 is 11.6 Å². The number of sulfonamides is 1. The number of nitrogens with zero attached hydrogens (tertiary/aromatic N) is 2. The van der Waals surface area contributed by atoms with Crippen LogP contribution in [0.1, 0.15) is 6.42 Å². The Morgan fingerprint density at radius 2 is 2.33 bits per heavy atom. The molecule has 2 rings (SSSR count). The number of hydrogen-bond acceptors (Lipinski definition) is 4. The van der Waals surface area contributed by atoms with E-state index in [2.05, 4.69) is 4.98 Å². The average Bonchev–Trinajstić information content (AvgIpc) is 2.71. The van der Waals surface area contributed by atoms with Gasteiger partial charge in [-0.05, 0) is 12.5 Å². The van der Waals surface area contributed by atoms with Gasteiger partial charge in [0, 0.05) is 18.9 Å². The minimum Gasteiger partial charge on any atom is -0.284 e. The quantitative estimate of drug-likeness (QED) is 0.785. The maximum Gasteiger partial charge on any atom is 0.268 e. The Balaban J connectivity index is 2.41. The lowest BCUT2D eigenvalue weighted by atomic mass is 10.5. The topological polar surface area (TPSA) is 59.5 Å². The van der Waals surface area contributed by atoms with Crippen molar-refractivity contribution in [2.75, 3.05) is 13.2 Å². The summed E-state index contributed by atoms with van der Waals surface area (Å²) in [6, 6.07) is 1.44. The Hall–Kier alpha value is -0.690. The summed E-state index contributed by atoms with van der Waals surface area (Å²) in [5, 5.41) is 0.153. The van der Waals surface area contributed by atoms with Crippen molar-refractivity contribution in [2.24, 2.45) is 0 Å². The predicted molar refractivity (Wildman–Crippen MR) is 53.7 cm³/mol. The van der Waals surface area contributed by atoms with Crippen LogP contribution in [0.15, 0.2) is 23.4 Å². The van der Waals surface area contributed by atoms with E-state index < -0.39 is 10.0 Å². The molecule has 1 aliphatic heterocycles. The van der Waals surface area contributed by atoms with Gasteiger partial charge in [0.15, 0.2) is 0 Å². The zero-order valence-corrected chi connectivity index (χ0v) is 9.33. The highest BCUT2D eigenvalue weighted by Crippen LogP contribution is 2.25. The molecular formula is C8H9ClN2O3S. The molecule has 0 spiro atoms. The van der Waals surface area contributed by atoms with E-state index in [1.165, 1.54) is 18.5 Å². The summed E-state index contributed by atoms with van der Waals surface area (Å²) in [5.41, 5.74) is 0. The third kappa shape index (κ3) is 1.98. The molecule has 1 saturated heterocycles. The van der Waals surface area contributed by atoms with E-state index in [9.17, 15) is 8.42 Å². The average molecular weight is 249 g/mol. The smallest absolute Gasteiger partial charge is 0.268 e. The van der Waals surface area contributed by atoms with Crippen LogP contribution in [-0.2, 0) is 14.9 Å². The first-order chi connectivity index (χ1) is 7.12. The van der Waals surface area contributed by atoms with Gasteiger partial charge in [0.05, 0.1) is 11.6 Å². The summed E-state index contributed by atoms with van der Waals surface area (Å²) in [5.74, 6) is 0. The molecule has 1 aliphatic rings. The molecule has 0 N–H and O–H groups in total. The van der Waals surface area contributed by atoms with Gasteiger partial charge in [-0.15, -0.1) is 0 Å². The second kappa shape index (κ2) is 4.05. The van der Waals surface area contributed by atoms with Crippen molar-refractivity contribution < 1.29 is 13.3 Å². The molecule has 82 valence electrons.